The predicted molar refractivity (Wildman–Crippen MR) is 123 cm³/mol. The van der Waals surface area contributed by atoms with Crippen LogP contribution in [0.5, 0.6) is 5.75 Å². The Morgan fingerprint density at radius 3 is 2.50 bits per heavy atom. The number of aliphatic hydroxyl groups excluding tert-OH is 1. The molecule has 8 heteroatoms. The summed E-state index contributed by atoms with van der Waals surface area (Å²) >= 11 is 1.26. The highest BCUT2D eigenvalue weighted by Gasteiger charge is 2.47. The SMILES string of the molecule is CCCCCOc1ccc(C2/C(=C(\O)c3ccncc3)C(=O)C(=O)N2c2nccs2)cc1. The Morgan fingerprint density at radius 1 is 1.09 bits per heavy atom. The number of hydrogen-bond donors (Lipinski definition) is 1. The third-order valence-corrected chi connectivity index (χ3v) is 6.01. The largest absolute Gasteiger partial charge is 0.507 e. The van der Waals surface area contributed by atoms with Crippen LogP contribution in [0.1, 0.15) is 43.4 Å². The Kier molecular flexibility index (Phi) is 6.61. The summed E-state index contributed by atoms with van der Waals surface area (Å²) in [7, 11) is 0. The number of nitrogens with zero attached hydrogens (tertiary/aromatic N) is 3. The van der Waals surface area contributed by atoms with Crippen molar-refractivity contribution >= 4 is 33.9 Å². The van der Waals surface area contributed by atoms with E-state index in [2.05, 4.69) is 16.9 Å². The first-order valence-corrected chi connectivity index (χ1v) is 11.3. The Morgan fingerprint density at radius 2 is 1.84 bits per heavy atom. The zero-order chi connectivity index (χ0) is 22.5. The van der Waals surface area contributed by atoms with Crippen LogP contribution in [-0.2, 0) is 9.59 Å². The molecule has 0 spiro atoms. The topological polar surface area (TPSA) is 92.6 Å². The lowest BCUT2D eigenvalue weighted by Gasteiger charge is -2.23. The van der Waals surface area contributed by atoms with Crippen molar-refractivity contribution in [2.24, 2.45) is 0 Å². The molecule has 1 atom stereocenters. The van der Waals surface area contributed by atoms with E-state index in [0.29, 0.717) is 28.6 Å². The van der Waals surface area contributed by atoms with Crippen molar-refractivity contribution in [3.05, 3.63) is 77.1 Å². The molecule has 0 radical (unpaired) electrons. The van der Waals surface area contributed by atoms with Gasteiger partial charge in [-0.2, -0.15) is 0 Å². The second-order valence-corrected chi connectivity index (χ2v) is 8.22. The van der Waals surface area contributed by atoms with E-state index in [-0.39, 0.29) is 11.3 Å². The maximum absolute atomic E-state index is 13.0. The molecule has 1 unspecified atom stereocenters. The van der Waals surface area contributed by atoms with Crippen LogP contribution in [0.15, 0.2) is 65.9 Å². The normalized spacial score (nSPS) is 17.7. The summed E-state index contributed by atoms with van der Waals surface area (Å²) in [6.45, 7) is 2.77. The number of ketones is 1. The molecule has 3 aromatic rings. The average molecular weight is 450 g/mol. The molecule has 0 saturated carbocycles. The lowest BCUT2D eigenvalue weighted by atomic mass is 9.95. The molecule has 7 nitrogen and oxygen atoms in total. The number of unbranched alkanes of at least 4 members (excludes halogenated alkanes) is 2. The summed E-state index contributed by atoms with van der Waals surface area (Å²) in [6.07, 6.45) is 7.82. The zero-order valence-electron chi connectivity index (χ0n) is 17.6. The van der Waals surface area contributed by atoms with Gasteiger partial charge in [0.05, 0.1) is 18.2 Å². The summed E-state index contributed by atoms with van der Waals surface area (Å²) in [5.41, 5.74) is 1.11. The molecular formula is C24H23N3O4S. The van der Waals surface area contributed by atoms with Crippen molar-refractivity contribution < 1.29 is 19.4 Å². The minimum Gasteiger partial charge on any atom is -0.507 e. The molecule has 1 N–H and O–H groups in total. The molecule has 1 amide bonds. The van der Waals surface area contributed by atoms with E-state index in [1.165, 1.54) is 28.6 Å². The van der Waals surface area contributed by atoms with E-state index in [9.17, 15) is 14.7 Å². The fraction of sp³-hybridized carbons (Fsp3) is 0.250. The molecule has 0 bridgehead atoms. The van der Waals surface area contributed by atoms with Gasteiger partial charge >= 0.3 is 5.91 Å². The minimum absolute atomic E-state index is 0.0213. The number of pyridine rings is 1. The van der Waals surface area contributed by atoms with Gasteiger partial charge in [0.1, 0.15) is 11.5 Å². The number of ether oxygens (including phenoxy) is 1. The van der Waals surface area contributed by atoms with Gasteiger partial charge in [0.2, 0.25) is 0 Å². The van der Waals surface area contributed by atoms with E-state index in [4.69, 9.17) is 4.74 Å². The van der Waals surface area contributed by atoms with Gasteiger partial charge in [0.25, 0.3) is 5.78 Å². The molecular weight excluding hydrogens is 426 g/mol. The summed E-state index contributed by atoms with van der Waals surface area (Å²) in [5.74, 6) is -1.00. The molecule has 164 valence electrons. The zero-order valence-corrected chi connectivity index (χ0v) is 18.4. The first-order valence-electron chi connectivity index (χ1n) is 10.5. The van der Waals surface area contributed by atoms with Crippen LogP contribution in [0.25, 0.3) is 5.76 Å². The van der Waals surface area contributed by atoms with Gasteiger partial charge in [-0.25, -0.2) is 4.98 Å². The van der Waals surface area contributed by atoms with Crippen LogP contribution in [-0.4, -0.2) is 33.4 Å². The van der Waals surface area contributed by atoms with Crippen molar-refractivity contribution in [2.75, 3.05) is 11.5 Å². The van der Waals surface area contributed by atoms with E-state index in [1.807, 2.05) is 24.3 Å². The monoisotopic (exact) mass is 449 g/mol. The Bertz CT molecular complexity index is 1110. The molecule has 1 aliphatic heterocycles. The molecule has 4 rings (SSSR count). The summed E-state index contributed by atoms with van der Waals surface area (Å²) in [4.78, 5) is 35.5. The number of hydrogen-bond acceptors (Lipinski definition) is 7. The van der Waals surface area contributed by atoms with E-state index >= 15 is 0 Å². The standard InChI is InChI=1S/C24H23N3O4S/c1-2-3-4-14-31-18-7-5-16(6-8-18)20-19(21(28)17-9-11-25-12-10-17)22(29)23(30)27(20)24-26-13-15-32-24/h5-13,15,20,28H,2-4,14H2,1H3/b21-19+. The van der Waals surface area contributed by atoms with Crippen LogP contribution in [0, 0.1) is 0 Å². The van der Waals surface area contributed by atoms with E-state index in [1.54, 1.807) is 23.7 Å². The maximum atomic E-state index is 13.0. The third kappa shape index (κ3) is 4.27. The molecule has 1 aliphatic rings. The van der Waals surface area contributed by atoms with E-state index in [0.717, 1.165) is 19.3 Å². The first kappa shape index (κ1) is 21.7. The second-order valence-electron chi connectivity index (χ2n) is 7.34. The minimum atomic E-state index is -0.802. The third-order valence-electron chi connectivity index (χ3n) is 5.24. The smallest absolute Gasteiger partial charge is 0.301 e. The fourth-order valence-corrected chi connectivity index (χ4v) is 4.30. The van der Waals surface area contributed by atoms with Crippen LogP contribution in [0.3, 0.4) is 0 Å². The highest BCUT2D eigenvalue weighted by atomic mass is 32.1. The van der Waals surface area contributed by atoms with Gasteiger partial charge in [-0.1, -0.05) is 31.9 Å². The van der Waals surface area contributed by atoms with Gasteiger partial charge in [-0.15, -0.1) is 11.3 Å². The molecule has 32 heavy (non-hydrogen) atoms. The van der Waals surface area contributed by atoms with Gasteiger partial charge in [-0.05, 0) is 36.2 Å². The lowest BCUT2D eigenvalue weighted by Crippen LogP contribution is -2.29. The number of aromatic nitrogens is 2. The van der Waals surface area contributed by atoms with Gasteiger partial charge in [-0.3, -0.25) is 19.5 Å². The van der Waals surface area contributed by atoms with Crippen molar-refractivity contribution in [3.8, 4) is 5.75 Å². The predicted octanol–water partition coefficient (Wildman–Crippen LogP) is 4.73. The Balaban J connectivity index is 1.74. The summed E-state index contributed by atoms with van der Waals surface area (Å²) < 4.78 is 5.78. The number of thiazole rings is 1. The fourth-order valence-electron chi connectivity index (χ4n) is 3.63. The van der Waals surface area contributed by atoms with Crippen molar-refractivity contribution in [3.63, 3.8) is 0 Å². The van der Waals surface area contributed by atoms with Crippen molar-refractivity contribution in [1.29, 1.82) is 0 Å². The maximum Gasteiger partial charge on any atom is 0.301 e. The number of carbonyl (C=O) groups is 2. The molecule has 3 heterocycles. The van der Waals surface area contributed by atoms with Crippen LogP contribution in [0.4, 0.5) is 5.13 Å². The first-order chi connectivity index (χ1) is 15.6. The van der Waals surface area contributed by atoms with E-state index < -0.39 is 17.7 Å². The molecule has 1 fully saturated rings. The Hall–Kier alpha value is -3.52. The number of aliphatic hydroxyl groups is 1. The molecule has 1 aromatic carbocycles. The summed E-state index contributed by atoms with van der Waals surface area (Å²) in [5, 5.41) is 13.1. The van der Waals surface area contributed by atoms with Gasteiger partial charge in [0.15, 0.2) is 5.13 Å². The molecule has 2 aromatic heterocycles. The second kappa shape index (κ2) is 9.74. The molecule has 1 saturated heterocycles. The number of Topliss-reactive ketones (excluding diaryl/α,β-unsaturated/α-hetero) is 1. The quantitative estimate of drug-likeness (QED) is 0.231. The highest BCUT2D eigenvalue weighted by molar-refractivity contribution is 7.14. The van der Waals surface area contributed by atoms with Crippen molar-refractivity contribution in [1.82, 2.24) is 9.97 Å². The Labute approximate surface area is 190 Å². The number of carbonyl (C=O) groups excluding carboxylic acids is 2. The number of benzene rings is 1. The van der Waals surface area contributed by atoms with Gasteiger partial charge < -0.3 is 9.84 Å². The lowest BCUT2D eigenvalue weighted by molar-refractivity contribution is -0.132. The van der Waals surface area contributed by atoms with Crippen LogP contribution >= 0.6 is 11.3 Å². The van der Waals surface area contributed by atoms with Crippen LogP contribution < -0.4 is 9.64 Å². The average Bonchev–Trinajstić information content (AvgIpc) is 3.44. The van der Waals surface area contributed by atoms with Crippen LogP contribution in [0.2, 0.25) is 0 Å². The highest BCUT2D eigenvalue weighted by Crippen LogP contribution is 2.42. The summed E-state index contributed by atoms with van der Waals surface area (Å²) in [6, 6.07) is 9.64. The number of amides is 1. The van der Waals surface area contributed by atoms with Gasteiger partial charge in [0, 0.05) is 29.5 Å². The number of anilines is 1. The van der Waals surface area contributed by atoms with Crippen molar-refractivity contribution in [2.45, 2.75) is 32.2 Å². The number of rotatable bonds is 8. The molecule has 0 aliphatic carbocycles.